The Labute approximate surface area is 161 Å². The highest BCUT2D eigenvalue weighted by atomic mass is 16.1. The molecule has 1 saturated heterocycles. The molecule has 0 spiro atoms. The average molecular weight is 367 g/mol. The molecule has 0 saturated carbocycles. The zero-order chi connectivity index (χ0) is 19.2. The molecule has 1 unspecified atom stereocenters. The van der Waals surface area contributed by atoms with Crippen molar-refractivity contribution in [2.45, 2.75) is 52.5 Å². The van der Waals surface area contributed by atoms with E-state index in [-0.39, 0.29) is 11.9 Å². The highest BCUT2D eigenvalue weighted by Crippen LogP contribution is 2.22. The second kappa shape index (κ2) is 8.84. The minimum Gasteiger partial charge on any atom is -0.372 e. The lowest BCUT2D eigenvalue weighted by Crippen LogP contribution is -2.29. The number of carbonyl (C=O) groups is 1. The summed E-state index contributed by atoms with van der Waals surface area (Å²) in [5.74, 6) is 1.04. The molecule has 1 aromatic carbocycles. The number of hydrogen-bond donors (Lipinski definition) is 2. The topological polar surface area (TPSA) is 70.2 Å². The first kappa shape index (κ1) is 19.1. The number of amides is 1. The third-order valence-corrected chi connectivity index (χ3v) is 4.92. The van der Waals surface area contributed by atoms with Crippen molar-refractivity contribution in [3.8, 4) is 0 Å². The molecule has 0 aliphatic carbocycles. The summed E-state index contributed by atoms with van der Waals surface area (Å²) >= 11 is 0. The lowest BCUT2D eigenvalue weighted by atomic mass is 10.1. The summed E-state index contributed by atoms with van der Waals surface area (Å²) < 4.78 is 0. The van der Waals surface area contributed by atoms with Gasteiger partial charge in [-0.15, -0.1) is 0 Å². The smallest absolute Gasteiger partial charge is 0.274 e. The van der Waals surface area contributed by atoms with Gasteiger partial charge in [-0.1, -0.05) is 6.92 Å². The predicted octanol–water partition coefficient (Wildman–Crippen LogP) is 4.24. The second-order valence-electron chi connectivity index (χ2n) is 7.19. The van der Waals surface area contributed by atoms with E-state index < -0.39 is 0 Å². The number of nitrogens with zero attached hydrogens (tertiary/aromatic N) is 3. The van der Waals surface area contributed by atoms with E-state index in [4.69, 9.17) is 0 Å². The molecule has 6 heteroatoms. The lowest BCUT2D eigenvalue weighted by molar-refractivity contribution is 0.102. The summed E-state index contributed by atoms with van der Waals surface area (Å²) in [4.78, 5) is 23.7. The summed E-state index contributed by atoms with van der Waals surface area (Å²) in [6.45, 7) is 8.20. The monoisotopic (exact) mass is 367 g/mol. The van der Waals surface area contributed by atoms with E-state index in [1.165, 1.54) is 24.9 Å². The molecule has 6 nitrogen and oxygen atoms in total. The van der Waals surface area contributed by atoms with E-state index in [9.17, 15) is 4.79 Å². The van der Waals surface area contributed by atoms with Gasteiger partial charge in [0.1, 0.15) is 17.3 Å². The molecule has 0 bridgehead atoms. The first-order valence-corrected chi connectivity index (χ1v) is 9.83. The Morgan fingerprint density at radius 2 is 1.85 bits per heavy atom. The fourth-order valence-corrected chi connectivity index (χ4v) is 3.22. The molecule has 1 atom stereocenters. The van der Waals surface area contributed by atoms with Gasteiger partial charge < -0.3 is 15.5 Å². The van der Waals surface area contributed by atoms with E-state index in [1.54, 1.807) is 13.0 Å². The predicted molar refractivity (Wildman–Crippen MR) is 111 cm³/mol. The highest BCUT2D eigenvalue weighted by molar-refractivity contribution is 6.03. The van der Waals surface area contributed by atoms with E-state index in [2.05, 4.69) is 51.5 Å². The van der Waals surface area contributed by atoms with Crippen LogP contribution in [0.25, 0.3) is 0 Å². The average Bonchev–Trinajstić information content (AvgIpc) is 2.68. The molecule has 2 heterocycles. The fraction of sp³-hybridized carbons (Fsp3) is 0.476. The van der Waals surface area contributed by atoms with Crippen LogP contribution < -0.4 is 15.5 Å². The van der Waals surface area contributed by atoms with Gasteiger partial charge in [-0.25, -0.2) is 9.97 Å². The highest BCUT2D eigenvalue weighted by Gasteiger charge is 2.13. The van der Waals surface area contributed by atoms with Crippen LogP contribution >= 0.6 is 0 Å². The number of nitrogens with one attached hydrogen (secondary N) is 2. The summed E-state index contributed by atoms with van der Waals surface area (Å²) in [5, 5.41) is 6.23. The van der Waals surface area contributed by atoms with Crippen molar-refractivity contribution in [1.82, 2.24) is 9.97 Å². The molecular weight excluding hydrogens is 338 g/mol. The van der Waals surface area contributed by atoms with E-state index in [1.807, 2.05) is 12.1 Å². The van der Waals surface area contributed by atoms with Crippen LogP contribution in [0.4, 0.5) is 17.2 Å². The maximum atomic E-state index is 12.6. The fourth-order valence-electron chi connectivity index (χ4n) is 3.22. The quantitative estimate of drug-likeness (QED) is 0.799. The molecule has 1 fully saturated rings. The number of aryl methyl sites for hydroxylation is 1. The SMILES string of the molecule is CCC(C)Nc1cc(C(=O)Nc2ccc(N3CCCCC3)cc2)nc(C)n1. The third kappa shape index (κ3) is 5.18. The Balaban J connectivity index is 1.67. The first-order chi connectivity index (χ1) is 13.0. The molecule has 27 heavy (non-hydrogen) atoms. The number of hydrogen-bond acceptors (Lipinski definition) is 5. The van der Waals surface area contributed by atoms with Crippen molar-refractivity contribution in [2.75, 3.05) is 28.6 Å². The number of benzene rings is 1. The van der Waals surface area contributed by atoms with Crippen LogP contribution in [-0.2, 0) is 0 Å². The summed E-state index contributed by atoms with van der Waals surface area (Å²) in [5.41, 5.74) is 2.35. The van der Waals surface area contributed by atoms with Crippen LogP contribution in [0.5, 0.6) is 0 Å². The molecule has 2 aromatic rings. The van der Waals surface area contributed by atoms with Gasteiger partial charge in [-0.05, 0) is 63.8 Å². The van der Waals surface area contributed by atoms with E-state index >= 15 is 0 Å². The van der Waals surface area contributed by atoms with Crippen LogP contribution in [0.3, 0.4) is 0 Å². The summed E-state index contributed by atoms with van der Waals surface area (Å²) in [6.07, 6.45) is 4.79. The first-order valence-electron chi connectivity index (χ1n) is 9.83. The number of anilines is 3. The molecule has 0 radical (unpaired) electrons. The molecule has 144 valence electrons. The maximum Gasteiger partial charge on any atom is 0.274 e. The van der Waals surface area contributed by atoms with Crippen LogP contribution in [0.2, 0.25) is 0 Å². The Morgan fingerprint density at radius 1 is 1.15 bits per heavy atom. The van der Waals surface area contributed by atoms with Crippen molar-refractivity contribution in [2.24, 2.45) is 0 Å². The Kier molecular flexibility index (Phi) is 6.27. The molecule has 1 aliphatic rings. The van der Waals surface area contributed by atoms with Crippen LogP contribution in [-0.4, -0.2) is 35.0 Å². The molecule has 2 N–H and O–H groups in total. The third-order valence-electron chi connectivity index (χ3n) is 4.92. The normalized spacial score (nSPS) is 15.3. The Bertz CT molecular complexity index is 769. The zero-order valence-corrected chi connectivity index (χ0v) is 16.5. The van der Waals surface area contributed by atoms with Gasteiger partial charge in [0.05, 0.1) is 0 Å². The van der Waals surface area contributed by atoms with Gasteiger partial charge in [0.2, 0.25) is 0 Å². The number of aromatic nitrogens is 2. The summed E-state index contributed by atoms with van der Waals surface area (Å²) in [6, 6.07) is 10.0. The minimum absolute atomic E-state index is 0.224. The zero-order valence-electron chi connectivity index (χ0n) is 16.5. The number of rotatable bonds is 6. The Hall–Kier alpha value is -2.63. The van der Waals surface area contributed by atoms with Gasteiger partial charge in [-0.3, -0.25) is 4.79 Å². The summed E-state index contributed by atoms with van der Waals surface area (Å²) in [7, 11) is 0. The van der Waals surface area contributed by atoms with Crippen LogP contribution in [0.1, 0.15) is 55.8 Å². The van der Waals surface area contributed by atoms with Crippen molar-refractivity contribution in [1.29, 1.82) is 0 Å². The number of carbonyl (C=O) groups excluding carboxylic acids is 1. The van der Waals surface area contributed by atoms with Crippen molar-refractivity contribution < 1.29 is 4.79 Å². The maximum absolute atomic E-state index is 12.6. The van der Waals surface area contributed by atoms with Crippen molar-refractivity contribution in [3.05, 3.63) is 41.9 Å². The minimum atomic E-state index is -0.224. The molecular formula is C21H29N5O. The van der Waals surface area contributed by atoms with Gasteiger partial charge in [0, 0.05) is 36.6 Å². The standard InChI is InChI=1S/C21H29N5O/c1-4-15(2)22-20-14-19(23-16(3)24-20)21(27)25-17-8-10-18(11-9-17)26-12-6-5-7-13-26/h8-11,14-15H,4-7,12-13H2,1-3H3,(H,25,27)(H,22,23,24). The molecule has 1 amide bonds. The second-order valence-corrected chi connectivity index (χ2v) is 7.19. The molecule has 1 aromatic heterocycles. The lowest BCUT2D eigenvalue weighted by Gasteiger charge is -2.28. The van der Waals surface area contributed by atoms with Crippen molar-refractivity contribution >= 4 is 23.1 Å². The van der Waals surface area contributed by atoms with Gasteiger partial charge >= 0.3 is 0 Å². The van der Waals surface area contributed by atoms with Crippen LogP contribution in [0.15, 0.2) is 30.3 Å². The van der Waals surface area contributed by atoms with Gasteiger partial charge in [0.15, 0.2) is 0 Å². The Morgan fingerprint density at radius 3 is 2.52 bits per heavy atom. The van der Waals surface area contributed by atoms with Gasteiger partial charge in [-0.2, -0.15) is 0 Å². The molecule has 3 rings (SSSR count). The van der Waals surface area contributed by atoms with Crippen molar-refractivity contribution in [3.63, 3.8) is 0 Å². The largest absolute Gasteiger partial charge is 0.372 e. The van der Waals surface area contributed by atoms with Gasteiger partial charge in [0.25, 0.3) is 5.91 Å². The van der Waals surface area contributed by atoms with Crippen LogP contribution in [0, 0.1) is 6.92 Å². The number of piperidine rings is 1. The van der Waals surface area contributed by atoms with E-state index in [0.29, 0.717) is 17.3 Å². The molecule has 1 aliphatic heterocycles. The van der Waals surface area contributed by atoms with E-state index in [0.717, 1.165) is 25.2 Å².